The first-order chi connectivity index (χ1) is 14.0. The van der Waals surface area contributed by atoms with Crippen LogP contribution in [0.1, 0.15) is 62.8 Å². The first kappa shape index (κ1) is 22.9. The van der Waals surface area contributed by atoms with E-state index in [1.165, 1.54) is 11.1 Å². The number of rotatable bonds is 10. The summed E-state index contributed by atoms with van der Waals surface area (Å²) in [4.78, 5) is 7.18. The quantitative estimate of drug-likeness (QED) is 0.469. The van der Waals surface area contributed by atoms with Gasteiger partial charge < -0.3 is 15.2 Å². The molecule has 0 saturated carbocycles. The molecule has 160 valence electrons. The van der Waals surface area contributed by atoms with E-state index in [0.717, 1.165) is 48.9 Å². The highest BCUT2D eigenvalue weighted by atomic mass is 16.5. The molecule has 0 amide bonds. The van der Waals surface area contributed by atoms with Crippen LogP contribution in [-0.2, 0) is 32.5 Å². The van der Waals surface area contributed by atoms with Gasteiger partial charge in [0.1, 0.15) is 5.76 Å². The van der Waals surface area contributed by atoms with E-state index in [1.54, 1.807) is 0 Å². The highest BCUT2D eigenvalue weighted by Gasteiger charge is 2.14. The van der Waals surface area contributed by atoms with Crippen LogP contribution in [-0.4, -0.2) is 35.7 Å². The fourth-order valence-corrected chi connectivity index (χ4v) is 3.13. The maximum absolute atomic E-state index is 5.47. The number of benzene rings is 1. The summed E-state index contributed by atoms with van der Waals surface area (Å²) in [6, 6.07) is 9.06. The SMILES string of the molecule is CCNC(=NCc1ccccc1CN(C)C(C)C)NCc1c(CC)noc1CC. The zero-order chi connectivity index (χ0) is 21.2. The molecule has 0 fully saturated rings. The van der Waals surface area contributed by atoms with Gasteiger partial charge in [0, 0.05) is 37.7 Å². The van der Waals surface area contributed by atoms with Crippen molar-refractivity contribution in [3.63, 3.8) is 0 Å². The second-order valence-electron chi connectivity index (χ2n) is 7.56. The first-order valence-electron chi connectivity index (χ1n) is 10.8. The van der Waals surface area contributed by atoms with Gasteiger partial charge in [0.05, 0.1) is 12.2 Å². The minimum absolute atomic E-state index is 0.509. The van der Waals surface area contributed by atoms with E-state index >= 15 is 0 Å². The normalized spacial score (nSPS) is 12.1. The molecule has 0 aliphatic heterocycles. The average molecular weight is 400 g/mol. The van der Waals surface area contributed by atoms with Crippen LogP contribution in [0.25, 0.3) is 0 Å². The molecular formula is C23H37N5O. The lowest BCUT2D eigenvalue weighted by Crippen LogP contribution is -2.37. The molecule has 1 heterocycles. The third kappa shape index (κ3) is 6.60. The summed E-state index contributed by atoms with van der Waals surface area (Å²) < 4.78 is 5.47. The molecule has 0 spiro atoms. The van der Waals surface area contributed by atoms with Crippen LogP contribution >= 0.6 is 0 Å². The molecule has 0 aliphatic rings. The van der Waals surface area contributed by atoms with E-state index in [9.17, 15) is 0 Å². The van der Waals surface area contributed by atoms with E-state index in [4.69, 9.17) is 9.52 Å². The predicted molar refractivity (Wildman–Crippen MR) is 120 cm³/mol. The van der Waals surface area contributed by atoms with Crippen LogP contribution in [0.15, 0.2) is 33.8 Å². The van der Waals surface area contributed by atoms with Gasteiger partial charge in [-0.1, -0.05) is 43.3 Å². The number of nitrogens with zero attached hydrogens (tertiary/aromatic N) is 3. The van der Waals surface area contributed by atoms with Gasteiger partial charge in [0.2, 0.25) is 0 Å². The van der Waals surface area contributed by atoms with Crippen molar-refractivity contribution < 1.29 is 4.52 Å². The number of hydrogen-bond donors (Lipinski definition) is 2. The third-order valence-electron chi connectivity index (χ3n) is 5.21. The van der Waals surface area contributed by atoms with Gasteiger partial charge in [-0.25, -0.2) is 4.99 Å². The summed E-state index contributed by atoms with van der Waals surface area (Å²) in [6.07, 6.45) is 1.71. The molecular weight excluding hydrogens is 362 g/mol. The largest absolute Gasteiger partial charge is 0.361 e. The van der Waals surface area contributed by atoms with E-state index in [0.29, 0.717) is 19.1 Å². The molecule has 2 N–H and O–H groups in total. The summed E-state index contributed by atoms with van der Waals surface area (Å²) in [5, 5.41) is 11.0. The number of aromatic nitrogens is 1. The van der Waals surface area contributed by atoms with E-state index in [-0.39, 0.29) is 0 Å². The van der Waals surface area contributed by atoms with Crippen molar-refractivity contribution in [3.8, 4) is 0 Å². The Morgan fingerprint density at radius 2 is 1.83 bits per heavy atom. The van der Waals surface area contributed by atoms with Crippen LogP contribution in [0, 0.1) is 0 Å². The molecule has 1 aromatic heterocycles. The number of aliphatic imine (C=N–C) groups is 1. The minimum Gasteiger partial charge on any atom is -0.361 e. The Morgan fingerprint density at radius 1 is 1.10 bits per heavy atom. The monoisotopic (exact) mass is 399 g/mol. The summed E-state index contributed by atoms with van der Waals surface area (Å²) in [6.45, 7) is 13.8. The van der Waals surface area contributed by atoms with Gasteiger partial charge in [0.25, 0.3) is 0 Å². The molecule has 0 aliphatic carbocycles. The molecule has 1 aromatic carbocycles. The zero-order valence-electron chi connectivity index (χ0n) is 18.9. The summed E-state index contributed by atoms with van der Waals surface area (Å²) in [5.74, 6) is 1.76. The Labute approximate surface area is 175 Å². The Kier molecular flexibility index (Phi) is 9.19. The standard InChI is InChI=1S/C23H37N5O/c1-7-21-20(22(8-2)29-27-21)15-26-23(24-9-3)25-14-18-12-10-11-13-19(18)16-28(6)17(4)5/h10-13,17H,7-9,14-16H2,1-6H3,(H2,24,25,26). The van der Waals surface area contributed by atoms with Gasteiger partial charge in [0.15, 0.2) is 5.96 Å². The lowest BCUT2D eigenvalue weighted by molar-refractivity contribution is 0.265. The van der Waals surface area contributed by atoms with Crippen LogP contribution < -0.4 is 10.6 Å². The molecule has 2 aromatic rings. The number of guanidine groups is 1. The third-order valence-corrected chi connectivity index (χ3v) is 5.21. The Hall–Kier alpha value is -2.34. The second kappa shape index (κ2) is 11.6. The fourth-order valence-electron chi connectivity index (χ4n) is 3.13. The van der Waals surface area contributed by atoms with Crippen molar-refractivity contribution in [1.29, 1.82) is 0 Å². The average Bonchev–Trinajstić information content (AvgIpc) is 3.12. The smallest absolute Gasteiger partial charge is 0.191 e. The fraction of sp³-hybridized carbons (Fsp3) is 0.565. The highest BCUT2D eigenvalue weighted by molar-refractivity contribution is 5.79. The van der Waals surface area contributed by atoms with Crippen molar-refractivity contribution in [2.75, 3.05) is 13.6 Å². The van der Waals surface area contributed by atoms with Crippen molar-refractivity contribution in [2.45, 2.75) is 73.1 Å². The lowest BCUT2D eigenvalue weighted by Gasteiger charge is -2.22. The Morgan fingerprint density at radius 3 is 2.45 bits per heavy atom. The van der Waals surface area contributed by atoms with E-state index in [1.807, 2.05) is 0 Å². The first-order valence-corrected chi connectivity index (χ1v) is 10.8. The second-order valence-corrected chi connectivity index (χ2v) is 7.56. The molecule has 29 heavy (non-hydrogen) atoms. The summed E-state index contributed by atoms with van der Waals surface area (Å²) in [5.41, 5.74) is 4.75. The maximum atomic E-state index is 5.47. The van der Waals surface area contributed by atoms with E-state index < -0.39 is 0 Å². The lowest BCUT2D eigenvalue weighted by atomic mass is 10.1. The molecule has 0 radical (unpaired) electrons. The minimum atomic E-state index is 0.509. The van der Waals surface area contributed by atoms with Crippen molar-refractivity contribution in [2.24, 2.45) is 4.99 Å². The van der Waals surface area contributed by atoms with Crippen molar-refractivity contribution in [3.05, 3.63) is 52.4 Å². The Balaban J connectivity index is 2.11. The number of hydrogen-bond acceptors (Lipinski definition) is 4. The molecule has 0 unspecified atom stereocenters. The summed E-state index contributed by atoms with van der Waals surface area (Å²) >= 11 is 0. The van der Waals surface area contributed by atoms with Crippen LogP contribution in [0.4, 0.5) is 0 Å². The van der Waals surface area contributed by atoms with Gasteiger partial charge in [-0.3, -0.25) is 4.90 Å². The van der Waals surface area contributed by atoms with Crippen molar-refractivity contribution >= 4 is 5.96 Å². The Bertz CT molecular complexity index is 760. The number of nitrogens with one attached hydrogen (secondary N) is 2. The molecule has 6 heteroatoms. The van der Waals surface area contributed by atoms with Gasteiger partial charge in [-0.2, -0.15) is 0 Å². The molecule has 0 atom stereocenters. The highest BCUT2D eigenvalue weighted by Crippen LogP contribution is 2.16. The molecule has 6 nitrogen and oxygen atoms in total. The topological polar surface area (TPSA) is 65.7 Å². The van der Waals surface area contributed by atoms with Gasteiger partial charge in [-0.05, 0) is 45.4 Å². The van der Waals surface area contributed by atoms with Gasteiger partial charge in [-0.15, -0.1) is 0 Å². The van der Waals surface area contributed by atoms with Crippen LogP contribution in [0.2, 0.25) is 0 Å². The van der Waals surface area contributed by atoms with Crippen LogP contribution in [0.3, 0.4) is 0 Å². The summed E-state index contributed by atoms with van der Waals surface area (Å²) in [7, 11) is 2.16. The number of aryl methyl sites for hydroxylation is 2. The van der Waals surface area contributed by atoms with Crippen molar-refractivity contribution in [1.82, 2.24) is 20.7 Å². The van der Waals surface area contributed by atoms with Crippen LogP contribution in [0.5, 0.6) is 0 Å². The maximum Gasteiger partial charge on any atom is 0.191 e. The molecule has 0 saturated heterocycles. The van der Waals surface area contributed by atoms with E-state index in [2.05, 4.69) is 86.6 Å². The predicted octanol–water partition coefficient (Wildman–Crippen LogP) is 3.89. The molecule has 0 bridgehead atoms. The van der Waals surface area contributed by atoms with Gasteiger partial charge >= 0.3 is 0 Å². The molecule has 2 rings (SSSR count). The zero-order valence-corrected chi connectivity index (χ0v) is 18.9.